The summed E-state index contributed by atoms with van der Waals surface area (Å²) in [6.45, 7) is 3.51. The minimum Gasteiger partial charge on any atom is -0.468 e. The summed E-state index contributed by atoms with van der Waals surface area (Å²) in [6.07, 6.45) is 0.799. The third-order valence-corrected chi connectivity index (χ3v) is 3.91. The van der Waals surface area contributed by atoms with Crippen molar-refractivity contribution in [3.05, 3.63) is 35.9 Å². The highest BCUT2D eigenvalue weighted by atomic mass is 16.6. The Kier molecular flexibility index (Phi) is 3.35. The first kappa shape index (κ1) is 13.6. The zero-order valence-corrected chi connectivity index (χ0v) is 11.4. The molecule has 1 unspecified atom stereocenters. The summed E-state index contributed by atoms with van der Waals surface area (Å²) in [5.74, 6) is -0.660. The Bertz CT molecular complexity index is 492. The molecule has 4 heteroatoms. The van der Waals surface area contributed by atoms with Crippen LogP contribution in [0.3, 0.4) is 0 Å². The summed E-state index contributed by atoms with van der Waals surface area (Å²) in [4.78, 5) is 23.7. The van der Waals surface area contributed by atoms with Crippen molar-refractivity contribution in [1.82, 2.24) is 0 Å². The van der Waals surface area contributed by atoms with E-state index >= 15 is 0 Å². The van der Waals surface area contributed by atoms with Crippen LogP contribution in [-0.4, -0.2) is 19.0 Å². The molecule has 0 aromatic heterocycles. The van der Waals surface area contributed by atoms with Crippen LogP contribution in [0.15, 0.2) is 30.3 Å². The van der Waals surface area contributed by atoms with E-state index in [2.05, 4.69) is 0 Å². The largest absolute Gasteiger partial charge is 0.468 e. The van der Waals surface area contributed by atoms with Crippen LogP contribution < -0.4 is 0 Å². The molecule has 0 amide bonds. The minimum atomic E-state index is -0.946. The standard InChI is InChI=1S/C15H18O4/c1-14(2,13(17)18-3)15(10-9-12(16)19-15)11-7-5-4-6-8-11/h4-8H,9-10H2,1-3H3. The van der Waals surface area contributed by atoms with Crippen molar-refractivity contribution in [3.8, 4) is 0 Å². The molecule has 102 valence electrons. The molecule has 0 N–H and O–H groups in total. The molecule has 1 heterocycles. The second kappa shape index (κ2) is 4.68. The van der Waals surface area contributed by atoms with Gasteiger partial charge in [-0.05, 0) is 19.4 Å². The number of rotatable bonds is 3. The summed E-state index contributed by atoms with van der Waals surface area (Å²) in [7, 11) is 1.35. The maximum Gasteiger partial charge on any atom is 0.315 e. The highest BCUT2D eigenvalue weighted by Crippen LogP contribution is 2.50. The number of carbonyl (C=O) groups is 2. The van der Waals surface area contributed by atoms with Crippen molar-refractivity contribution in [2.75, 3.05) is 7.11 Å². The van der Waals surface area contributed by atoms with Crippen LogP contribution in [0, 0.1) is 5.41 Å². The van der Waals surface area contributed by atoms with Gasteiger partial charge in [-0.2, -0.15) is 0 Å². The normalized spacial score (nSPS) is 23.0. The molecule has 0 saturated carbocycles. The molecule has 1 aromatic rings. The fourth-order valence-corrected chi connectivity index (χ4v) is 2.71. The SMILES string of the molecule is COC(=O)C(C)(C)C1(c2ccccc2)CCC(=O)O1. The second-order valence-corrected chi connectivity index (χ2v) is 5.28. The number of cyclic esters (lactones) is 1. The predicted octanol–water partition coefficient (Wildman–Crippen LogP) is 2.42. The molecule has 0 bridgehead atoms. The van der Waals surface area contributed by atoms with Crippen molar-refractivity contribution in [1.29, 1.82) is 0 Å². The van der Waals surface area contributed by atoms with E-state index in [9.17, 15) is 9.59 Å². The molecule has 1 atom stereocenters. The third kappa shape index (κ3) is 2.01. The van der Waals surface area contributed by atoms with Gasteiger partial charge in [0.05, 0.1) is 7.11 Å². The van der Waals surface area contributed by atoms with Crippen molar-refractivity contribution in [3.63, 3.8) is 0 Å². The molecule has 1 saturated heterocycles. The highest BCUT2D eigenvalue weighted by Gasteiger charge is 2.57. The Morgan fingerprint density at radius 3 is 2.42 bits per heavy atom. The van der Waals surface area contributed by atoms with Gasteiger partial charge >= 0.3 is 11.9 Å². The molecule has 1 aliphatic heterocycles. The molecule has 1 aliphatic rings. The quantitative estimate of drug-likeness (QED) is 0.785. The molecular formula is C15H18O4. The van der Waals surface area contributed by atoms with Crippen LogP contribution in [0.4, 0.5) is 0 Å². The van der Waals surface area contributed by atoms with Crippen molar-refractivity contribution in [2.45, 2.75) is 32.3 Å². The van der Waals surface area contributed by atoms with E-state index in [0.29, 0.717) is 12.8 Å². The number of esters is 2. The van der Waals surface area contributed by atoms with E-state index in [1.165, 1.54) is 7.11 Å². The summed E-state index contributed by atoms with van der Waals surface area (Å²) in [5, 5.41) is 0. The number of methoxy groups -OCH3 is 1. The van der Waals surface area contributed by atoms with Crippen LogP contribution in [0.2, 0.25) is 0 Å². The first-order chi connectivity index (χ1) is 8.94. The van der Waals surface area contributed by atoms with E-state index in [-0.39, 0.29) is 11.9 Å². The Hall–Kier alpha value is -1.84. The van der Waals surface area contributed by atoms with Gasteiger partial charge in [0.25, 0.3) is 0 Å². The Morgan fingerprint density at radius 2 is 1.95 bits per heavy atom. The minimum absolute atomic E-state index is 0.277. The average molecular weight is 262 g/mol. The fourth-order valence-electron chi connectivity index (χ4n) is 2.71. The monoisotopic (exact) mass is 262 g/mol. The van der Waals surface area contributed by atoms with Crippen LogP contribution in [0.5, 0.6) is 0 Å². The molecule has 0 radical (unpaired) electrons. The van der Waals surface area contributed by atoms with Crippen molar-refractivity contribution >= 4 is 11.9 Å². The average Bonchev–Trinajstić information content (AvgIpc) is 2.82. The molecule has 0 spiro atoms. The summed E-state index contributed by atoms with van der Waals surface area (Å²) in [6, 6.07) is 9.39. The van der Waals surface area contributed by atoms with Crippen molar-refractivity contribution in [2.24, 2.45) is 5.41 Å². The Labute approximate surface area is 112 Å². The molecule has 4 nitrogen and oxygen atoms in total. The van der Waals surface area contributed by atoms with Crippen LogP contribution in [-0.2, 0) is 24.7 Å². The summed E-state index contributed by atoms with van der Waals surface area (Å²) >= 11 is 0. The van der Waals surface area contributed by atoms with Crippen molar-refractivity contribution < 1.29 is 19.1 Å². The summed E-state index contributed by atoms with van der Waals surface area (Å²) in [5.41, 5.74) is -1.05. The molecule has 19 heavy (non-hydrogen) atoms. The van der Waals surface area contributed by atoms with Crippen LogP contribution >= 0.6 is 0 Å². The lowest BCUT2D eigenvalue weighted by molar-refractivity contribution is -0.179. The van der Waals surface area contributed by atoms with Crippen LogP contribution in [0.25, 0.3) is 0 Å². The Balaban J connectivity index is 2.54. The van der Waals surface area contributed by atoms with E-state index in [1.54, 1.807) is 13.8 Å². The fraction of sp³-hybridized carbons (Fsp3) is 0.467. The summed E-state index contributed by atoms with van der Waals surface area (Å²) < 4.78 is 10.5. The first-order valence-electron chi connectivity index (χ1n) is 6.30. The lowest BCUT2D eigenvalue weighted by Gasteiger charge is -2.40. The highest BCUT2D eigenvalue weighted by molar-refractivity contribution is 5.81. The van der Waals surface area contributed by atoms with E-state index in [0.717, 1.165) is 5.56 Å². The molecule has 0 aliphatic carbocycles. The lowest BCUT2D eigenvalue weighted by atomic mass is 9.69. The number of ether oxygens (including phenoxy) is 2. The predicted molar refractivity (Wildman–Crippen MR) is 69.2 cm³/mol. The van der Waals surface area contributed by atoms with Gasteiger partial charge in [0.2, 0.25) is 0 Å². The maximum absolute atomic E-state index is 12.1. The molecular weight excluding hydrogens is 244 g/mol. The number of carbonyl (C=O) groups excluding carboxylic acids is 2. The number of hydrogen-bond acceptors (Lipinski definition) is 4. The van der Waals surface area contributed by atoms with Gasteiger partial charge in [-0.15, -0.1) is 0 Å². The smallest absolute Gasteiger partial charge is 0.315 e. The van der Waals surface area contributed by atoms with Crippen LogP contribution in [0.1, 0.15) is 32.3 Å². The van der Waals surface area contributed by atoms with Gasteiger partial charge in [0, 0.05) is 12.8 Å². The third-order valence-electron chi connectivity index (χ3n) is 3.91. The van der Waals surface area contributed by atoms with Gasteiger partial charge in [-0.3, -0.25) is 9.59 Å². The maximum atomic E-state index is 12.1. The van der Waals surface area contributed by atoms with Gasteiger partial charge in [-0.25, -0.2) is 0 Å². The molecule has 1 aromatic carbocycles. The van der Waals surface area contributed by atoms with Gasteiger partial charge in [0.1, 0.15) is 5.41 Å². The van der Waals surface area contributed by atoms with E-state index < -0.39 is 11.0 Å². The zero-order valence-electron chi connectivity index (χ0n) is 11.4. The van der Waals surface area contributed by atoms with E-state index in [1.807, 2.05) is 30.3 Å². The molecule has 2 rings (SSSR count). The van der Waals surface area contributed by atoms with E-state index in [4.69, 9.17) is 9.47 Å². The first-order valence-corrected chi connectivity index (χ1v) is 6.30. The second-order valence-electron chi connectivity index (χ2n) is 5.28. The van der Waals surface area contributed by atoms with Gasteiger partial charge in [-0.1, -0.05) is 30.3 Å². The topological polar surface area (TPSA) is 52.6 Å². The number of hydrogen-bond donors (Lipinski definition) is 0. The lowest BCUT2D eigenvalue weighted by Crippen LogP contribution is -2.47. The Morgan fingerprint density at radius 1 is 1.32 bits per heavy atom. The zero-order chi connectivity index (χ0) is 14.1. The van der Waals surface area contributed by atoms with Gasteiger partial charge in [0.15, 0.2) is 5.60 Å². The molecule has 1 fully saturated rings. The number of benzene rings is 1. The van der Waals surface area contributed by atoms with Gasteiger partial charge < -0.3 is 9.47 Å².